The second kappa shape index (κ2) is 22.5. The Hall–Kier alpha value is -4.69. The van der Waals surface area contributed by atoms with E-state index >= 15 is 0 Å². The van der Waals surface area contributed by atoms with E-state index in [1.54, 1.807) is 45.9 Å². The van der Waals surface area contributed by atoms with Crippen molar-refractivity contribution in [1.82, 2.24) is 20.9 Å². The number of rotatable bonds is 15. The summed E-state index contributed by atoms with van der Waals surface area (Å²) in [4.78, 5) is 69.5. The fourth-order valence-corrected chi connectivity index (χ4v) is 7.81. The monoisotopic (exact) mass is 836 g/mol. The van der Waals surface area contributed by atoms with Gasteiger partial charge in [0.1, 0.15) is 11.8 Å². The Bertz CT molecular complexity index is 1840. The van der Waals surface area contributed by atoms with Gasteiger partial charge in [0.15, 0.2) is 0 Å². The van der Waals surface area contributed by atoms with Crippen molar-refractivity contribution in [2.75, 3.05) is 26.7 Å². The molecule has 3 atom stereocenters. The number of esters is 1. The lowest BCUT2D eigenvalue weighted by Gasteiger charge is -2.43. The van der Waals surface area contributed by atoms with Gasteiger partial charge in [0.05, 0.1) is 36.2 Å². The number of piperidine rings is 1. The largest absolute Gasteiger partial charge is 0.496 e. The number of para-hydroxylation sites is 1. The summed E-state index contributed by atoms with van der Waals surface area (Å²) in [5, 5.41) is 8.91. The molecule has 14 heteroatoms. The summed E-state index contributed by atoms with van der Waals surface area (Å²) >= 11 is 0. The number of nitrogens with one attached hydrogen (secondary N) is 3. The van der Waals surface area contributed by atoms with E-state index in [0.29, 0.717) is 75.9 Å². The van der Waals surface area contributed by atoms with Crippen molar-refractivity contribution in [3.05, 3.63) is 101 Å². The highest BCUT2D eigenvalue weighted by molar-refractivity contribution is 7.59. The zero-order valence-electron chi connectivity index (χ0n) is 34.2. The summed E-state index contributed by atoms with van der Waals surface area (Å²) in [6.07, 6.45) is 2.28. The number of carbonyl (C=O) groups excluding carboxylic acids is 5. The third-order valence-corrected chi connectivity index (χ3v) is 10.5. The lowest BCUT2D eigenvalue weighted by atomic mass is 9.62. The second-order valence-corrected chi connectivity index (χ2v) is 15.1. The van der Waals surface area contributed by atoms with Gasteiger partial charge in [-0.3, -0.25) is 14.4 Å². The molecule has 5 rings (SSSR count). The molecule has 1 aliphatic heterocycles. The second-order valence-electron chi connectivity index (χ2n) is 15.1. The predicted octanol–water partition coefficient (Wildman–Crippen LogP) is 6.25. The van der Waals surface area contributed by atoms with Gasteiger partial charge in [-0.05, 0) is 101 Å². The van der Waals surface area contributed by atoms with Crippen LogP contribution in [0.3, 0.4) is 0 Å². The number of unbranched alkanes of at least 4 members (excludes halogenated alkanes) is 1. The molecule has 0 unspecified atom stereocenters. The molecule has 0 saturated carbocycles. The molecule has 4 amide bonds. The third kappa shape index (κ3) is 11.7. The minimum absolute atomic E-state index is 0. The number of ether oxygens (including phenoxy) is 3. The molecule has 12 nitrogen and oxygen atoms in total. The molecule has 3 N–H and O–H groups in total. The molecule has 0 radical (unpaired) electrons. The van der Waals surface area contributed by atoms with Gasteiger partial charge in [0.2, 0.25) is 11.8 Å². The molecular formula is C44H60N4O8S2. The number of benzene rings is 3. The number of nitrogens with zero attached hydrogens (tertiary/aromatic N) is 1. The normalized spacial score (nSPS) is 18.1. The average Bonchev–Trinajstić information content (AvgIpc) is 3.19. The van der Waals surface area contributed by atoms with E-state index in [1.807, 2.05) is 65.6 Å². The number of methoxy groups -OCH3 is 1. The fraction of sp³-hybridized carbons (Fsp3) is 0.477. The number of likely N-dealkylation sites (tertiary alicyclic amines) is 1. The van der Waals surface area contributed by atoms with Crippen LogP contribution in [0.4, 0.5) is 4.79 Å². The van der Waals surface area contributed by atoms with E-state index in [4.69, 9.17) is 14.2 Å². The Labute approximate surface area is 356 Å². The van der Waals surface area contributed by atoms with Crippen molar-refractivity contribution in [2.24, 2.45) is 0 Å². The topological polar surface area (TPSA) is 152 Å². The molecule has 1 fully saturated rings. The van der Waals surface area contributed by atoms with Crippen molar-refractivity contribution >= 4 is 56.8 Å². The molecule has 0 spiro atoms. The first kappa shape index (κ1) is 47.7. The van der Waals surface area contributed by atoms with E-state index in [-0.39, 0.29) is 63.0 Å². The molecule has 1 saturated heterocycles. The van der Waals surface area contributed by atoms with Crippen LogP contribution < -0.4 is 20.7 Å². The van der Waals surface area contributed by atoms with Gasteiger partial charge in [-0.15, -0.1) is 0 Å². The number of hydrogen-bond donors (Lipinski definition) is 3. The average molecular weight is 837 g/mol. The first-order valence-corrected chi connectivity index (χ1v) is 19.8. The molecular weight excluding hydrogens is 777 g/mol. The lowest BCUT2D eigenvalue weighted by Crippen LogP contribution is -2.54. The highest BCUT2D eigenvalue weighted by Gasteiger charge is 2.49. The molecule has 0 aromatic heterocycles. The molecule has 0 bridgehead atoms. The Balaban J connectivity index is 0.00000450. The maximum absolute atomic E-state index is 14.9. The van der Waals surface area contributed by atoms with Crippen molar-refractivity contribution in [3.63, 3.8) is 0 Å². The first-order valence-electron chi connectivity index (χ1n) is 19.8. The number of fused-ring (bicyclic) bond motifs is 1. The Morgan fingerprint density at radius 3 is 2.10 bits per heavy atom. The predicted molar refractivity (Wildman–Crippen MR) is 233 cm³/mol. The van der Waals surface area contributed by atoms with Gasteiger partial charge in [-0.2, -0.15) is 27.0 Å². The van der Waals surface area contributed by atoms with Crippen LogP contribution in [0.15, 0.2) is 78.9 Å². The standard InChI is InChI=1S/C44H56N4O8.2H2S/c1-29(2)55-41(51)37(20-13-14-26-45-43(53)56-30(3)4)47-42(52)44(31-15-7-6-8-16-31)25-22-34(33-17-9-11-19-36(33)44)40(50)48-27-23-32(24-28-48)46-39(49)35-18-10-12-21-38(35)54-5;;/h6-12,15-19,21,29-30,32,34,37H,13-14,20,22-28H2,1-5H3,(H,45,53)(H,46,49)(H,47,52);2*1H2/t34-,37-,44+;;/m0../s1. The highest BCUT2D eigenvalue weighted by Crippen LogP contribution is 2.48. The molecule has 58 heavy (non-hydrogen) atoms. The van der Waals surface area contributed by atoms with Gasteiger partial charge < -0.3 is 35.1 Å². The van der Waals surface area contributed by atoms with Crippen LogP contribution >= 0.6 is 27.0 Å². The van der Waals surface area contributed by atoms with Crippen molar-refractivity contribution in [1.29, 1.82) is 0 Å². The molecule has 3 aromatic rings. The first-order chi connectivity index (χ1) is 26.9. The van der Waals surface area contributed by atoms with Crippen LogP contribution in [0.1, 0.15) is 106 Å². The number of alkyl carbamates (subject to hydrolysis) is 1. The number of hydrogen-bond acceptors (Lipinski definition) is 8. The summed E-state index contributed by atoms with van der Waals surface area (Å²) in [5.41, 5.74) is 1.58. The van der Waals surface area contributed by atoms with Gasteiger partial charge in [0.25, 0.3) is 5.91 Å². The smallest absolute Gasteiger partial charge is 0.407 e. The van der Waals surface area contributed by atoms with Crippen LogP contribution in [0.2, 0.25) is 0 Å². The number of amides is 4. The van der Waals surface area contributed by atoms with Crippen LogP contribution in [0.25, 0.3) is 0 Å². The molecule has 316 valence electrons. The molecule has 1 aliphatic carbocycles. The minimum atomic E-state index is -1.18. The fourth-order valence-electron chi connectivity index (χ4n) is 7.81. The van der Waals surface area contributed by atoms with Crippen molar-refractivity contribution in [2.45, 2.75) is 108 Å². The Kier molecular flexibility index (Phi) is 18.5. The van der Waals surface area contributed by atoms with Crippen LogP contribution in [0, 0.1) is 0 Å². The van der Waals surface area contributed by atoms with Crippen LogP contribution in [0.5, 0.6) is 5.75 Å². The Morgan fingerprint density at radius 2 is 1.43 bits per heavy atom. The molecule has 1 heterocycles. The van der Waals surface area contributed by atoms with Gasteiger partial charge >= 0.3 is 12.1 Å². The van der Waals surface area contributed by atoms with E-state index in [2.05, 4.69) is 16.0 Å². The number of carbonyl (C=O) groups is 5. The maximum atomic E-state index is 14.9. The van der Waals surface area contributed by atoms with Crippen LogP contribution in [-0.2, 0) is 29.3 Å². The molecule has 3 aromatic carbocycles. The SMILES string of the molecule is COc1ccccc1C(=O)NC1CCN(C(=O)[C@H]2CC[C@@](C(=O)N[C@@H](CCCCNC(=O)OC(C)C)C(=O)OC(C)C)(c3ccccc3)c3ccccc32)CC1.S.S. The van der Waals surface area contributed by atoms with Crippen LogP contribution in [-0.4, -0.2) is 85.7 Å². The van der Waals surface area contributed by atoms with Crippen molar-refractivity contribution < 1.29 is 38.2 Å². The summed E-state index contributed by atoms with van der Waals surface area (Å²) in [6, 6.07) is 23.2. The van der Waals surface area contributed by atoms with E-state index in [1.165, 1.54) is 7.11 Å². The Morgan fingerprint density at radius 1 is 0.793 bits per heavy atom. The zero-order valence-corrected chi connectivity index (χ0v) is 36.2. The van der Waals surface area contributed by atoms with E-state index < -0.39 is 29.4 Å². The van der Waals surface area contributed by atoms with Gasteiger partial charge in [-0.1, -0.05) is 66.7 Å². The third-order valence-electron chi connectivity index (χ3n) is 10.5. The summed E-state index contributed by atoms with van der Waals surface area (Å²) in [7, 11) is 1.54. The quantitative estimate of drug-likeness (QED) is 0.120. The molecule has 2 aliphatic rings. The maximum Gasteiger partial charge on any atom is 0.407 e. The summed E-state index contributed by atoms with van der Waals surface area (Å²) in [5.74, 6) is -1.02. The van der Waals surface area contributed by atoms with E-state index in [0.717, 1.165) is 16.7 Å². The minimum Gasteiger partial charge on any atom is -0.496 e. The van der Waals surface area contributed by atoms with E-state index in [9.17, 15) is 24.0 Å². The van der Waals surface area contributed by atoms with Gasteiger partial charge in [-0.25, -0.2) is 9.59 Å². The van der Waals surface area contributed by atoms with Crippen molar-refractivity contribution in [3.8, 4) is 5.75 Å². The summed E-state index contributed by atoms with van der Waals surface area (Å²) < 4.78 is 16.1. The van der Waals surface area contributed by atoms with Gasteiger partial charge in [0, 0.05) is 25.7 Å². The zero-order chi connectivity index (χ0) is 40.2. The summed E-state index contributed by atoms with van der Waals surface area (Å²) in [6.45, 7) is 8.42. The highest BCUT2D eigenvalue weighted by atomic mass is 32.1. The lowest BCUT2D eigenvalue weighted by molar-refractivity contribution is -0.152.